The molecule has 13 aromatic rings. The molecule has 0 radical (unpaired) electrons. The van der Waals surface area contributed by atoms with Gasteiger partial charge in [0.1, 0.15) is 0 Å². The largest absolute Gasteiger partial charge is 0.307 e. The van der Waals surface area contributed by atoms with E-state index >= 15 is 0 Å². The Kier molecular flexibility index (Phi) is 9.43. The van der Waals surface area contributed by atoms with Gasteiger partial charge in [0, 0.05) is 38.2 Å². The standard InChI is InChI=1S/C63H41N5/c1-4-18-42(19-5-1)45-34-36-46(37-35-45)61-64-62(50-27-17-25-48(41-50)44-22-8-3-9-23-44)66-63(65-61)68-58-33-15-12-30-53(58)55-39-38-54-52-29-11-14-32-57(52)67(59(54)60(55)68)56-31-13-10-28-51(56)49-26-16-24-47(40-49)43-20-6-2-7-21-43/h1-41H. The Balaban J connectivity index is 1.09. The molecule has 0 saturated carbocycles. The molecule has 0 aliphatic carbocycles. The fraction of sp³-hybridized carbons (Fsp3) is 0. The van der Waals surface area contributed by atoms with Crippen molar-refractivity contribution in [2.45, 2.75) is 0 Å². The van der Waals surface area contributed by atoms with Gasteiger partial charge in [-0.2, -0.15) is 9.97 Å². The smallest absolute Gasteiger partial charge is 0.238 e. The van der Waals surface area contributed by atoms with E-state index < -0.39 is 0 Å². The van der Waals surface area contributed by atoms with E-state index in [1.807, 2.05) is 12.1 Å². The van der Waals surface area contributed by atoms with Crippen LogP contribution in [-0.4, -0.2) is 24.1 Å². The molecule has 0 aliphatic heterocycles. The number of benzene rings is 10. The highest BCUT2D eigenvalue weighted by atomic mass is 15.2. The van der Waals surface area contributed by atoms with Crippen molar-refractivity contribution in [2.75, 3.05) is 0 Å². The Labute approximate surface area is 393 Å². The second-order valence-electron chi connectivity index (χ2n) is 17.2. The normalized spacial score (nSPS) is 11.5. The van der Waals surface area contributed by atoms with Crippen LogP contribution in [0.25, 0.3) is 123 Å². The Hall–Kier alpha value is -9.19. The van der Waals surface area contributed by atoms with Crippen molar-refractivity contribution < 1.29 is 0 Å². The quantitative estimate of drug-likeness (QED) is 0.153. The van der Waals surface area contributed by atoms with Crippen molar-refractivity contribution in [3.63, 3.8) is 0 Å². The molecule has 0 aliphatic rings. The van der Waals surface area contributed by atoms with Crippen LogP contribution in [0, 0.1) is 0 Å². The molecule has 0 spiro atoms. The van der Waals surface area contributed by atoms with Gasteiger partial charge in [-0.05, 0) is 69.3 Å². The first-order chi connectivity index (χ1) is 33.7. The molecular formula is C63H41N5. The maximum absolute atomic E-state index is 5.47. The highest BCUT2D eigenvalue weighted by Crippen LogP contribution is 2.43. The number of nitrogens with zero attached hydrogens (tertiary/aromatic N) is 5. The van der Waals surface area contributed by atoms with Gasteiger partial charge in [-0.25, -0.2) is 4.98 Å². The van der Waals surface area contributed by atoms with Gasteiger partial charge in [0.05, 0.1) is 27.8 Å². The van der Waals surface area contributed by atoms with Crippen molar-refractivity contribution in [3.05, 3.63) is 249 Å². The second-order valence-corrected chi connectivity index (χ2v) is 17.2. The van der Waals surface area contributed by atoms with Gasteiger partial charge in [-0.15, -0.1) is 0 Å². The van der Waals surface area contributed by atoms with E-state index in [4.69, 9.17) is 15.0 Å². The van der Waals surface area contributed by atoms with Crippen LogP contribution in [0.15, 0.2) is 249 Å². The molecule has 0 atom stereocenters. The summed E-state index contributed by atoms with van der Waals surface area (Å²) in [6.45, 7) is 0. The van der Waals surface area contributed by atoms with Crippen LogP contribution in [0.2, 0.25) is 0 Å². The lowest BCUT2D eigenvalue weighted by atomic mass is 9.98. The minimum absolute atomic E-state index is 0.543. The molecule has 0 unspecified atom stereocenters. The van der Waals surface area contributed by atoms with Crippen LogP contribution in [0.3, 0.4) is 0 Å². The van der Waals surface area contributed by atoms with E-state index in [9.17, 15) is 0 Å². The highest BCUT2D eigenvalue weighted by Gasteiger charge is 2.24. The van der Waals surface area contributed by atoms with E-state index in [-0.39, 0.29) is 0 Å². The molecule has 5 heteroatoms. The monoisotopic (exact) mass is 867 g/mol. The topological polar surface area (TPSA) is 48.5 Å². The fourth-order valence-electron chi connectivity index (χ4n) is 10.0. The summed E-state index contributed by atoms with van der Waals surface area (Å²) >= 11 is 0. The number of hydrogen-bond donors (Lipinski definition) is 0. The first-order valence-corrected chi connectivity index (χ1v) is 23.0. The van der Waals surface area contributed by atoms with Crippen LogP contribution in [0.1, 0.15) is 0 Å². The van der Waals surface area contributed by atoms with E-state index in [2.05, 4.69) is 246 Å². The van der Waals surface area contributed by atoms with Gasteiger partial charge in [-0.1, -0.05) is 218 Å². The Bertz CT molecular complexity index is 4000. The number of aromatic nitrogens is 5. The first kappa shape index (κ1) is 39.2. The van der Waals surface area contributed by atoms with Crippen LogP contribution < -0.4 is 0 Å². The van der Waals surface area contributed by atoms with Gasteiger partial charge < -0.3 is 4.57 Å². The average molecular weight is 868 g/mol. The summed E-state index contributed by atoms with van der Waals surface area (Å²) in [7, 11) is 0. The van der Waals surface area contributed by atoms with Crippen molar-refractivity contribution in [1.82, 2.24) is 24.1 Å². The van der Waals surface area contributed by atoms with Gasteiger partial charge in [0.2, 0.25) is 5.95 Å². The highest BCUT2D eigenvalue weighted by molar-refractivity contribution is 6.24. The number of hydrogen-bond acceptors (Lipinski definition) is 3. The Morgan fingerprint density at radius 1 is 0.250 bits per heavy atom. The Morgan fingerprint density at radius 2 is 0.662 bits per heavy atom. The zero-order chi connectivity index (χ0) is 45.0. The summed E-state index contributed by atoms with van der Waals surface area (Å²) < 4.78 is 4.73. The van der Waals surface area contributed by atoms with E-state index in [0.717, 1.165) is 88.4 Å². The molecule has 13 rings (SSSR count). The minimum atomic E-state index is 0.543. The molecular weight excluding hydrogens is 827 g/mol. The van der Waals surface area contributed by atoms with Crippen LogP contribution in [-0.2, 0) is 0 Å². The van der Waals surface area contributed by atoms with Crippen LogP contribution in [0.5, 0.6) is 0 Å². The molecule has 10 aromatic carbocycles. The molecule has 318 valence electrons. The third-order valence-electron chi connectivity index (χ3n) is 13.2. The zero-order valence-corrected chi connectivity index (χ0v) is 36.9. The van der Waals surface area contributed by atoms with E-state index in [0.29, 0.717) is 17.6 Å². The summed E-state index contributed by atoms with van der Waals surface area (Å²) in [6, 6.07) is 88.2. The van der Waals surface area contributed by atoms with Gasteiger partial charge in [0.15, 0.2) is 11.6 Å². The third kappa shape index (κ3) is 6.68. The molecule has 0 fully saturated rings. The number of para-hydroxylation sites is 3. The first-order valence-electron chi connectivity index (χ1n) is 23.0. The zero-order valence-electron chi connectivity index (χ0n) is 36.9. The summed E-state index contributed by atoms with van der Waals surface area (Å²) in [4.78, 5) is 16.2. The lowest BCUT2D eigenvalue weighted by Crippen LogP contribution is -2.07. The second kappa shape index (κ2) is 16.4. The molecule has 3 aromatic heterocycles. The molecule has 0 N–H and O–H groups in total. The van der Waals surface area contributed by atoms with Crippen LogP contribution in [0.4, 0.5) is 0 Å². The molecule has 0 saturated heterocycles. The van der Waals surface area contributed by atoms with Crippen molar-refractivity contribution in [2.24, 2.45) is 0 Å². The van der Waals surface area contributed by atoms with Crippen molar-refractivity contribution >= 4 is 43.6 Å². The predicted molar refractivity (Wildman–Crippen MR) is 281 cm³/mol. The maximum atomic E-state index is 5.47. The number of rotatable bonds is 8. The average Bonchev–Trinajstić information content (AvgIpc) is 3.95. The molecule has 0 bridgehead atoms. The van der Waals surface area contributed by atoms with Crippen molar-refractivity contribution in [3.8, 4) is 78.9 Å². The molecule has 68 heavy (non-hydrogen) atoms. The maximum Gasteiger partial charge on any atom is 0.238 e. The van der Waals surface area contributed by atoms with Gasteiger partial charge in [0.25, 0.3) is 0 Å². The summed E-state index contributed by atoms with van der Waals surface area (Å²) in [5.41, 5.74) is 16.3. The molecule has 5 nitrogen and oxygen atoms in total. The number of fused-ring (bicyclic) bond motifs is 7. The molecule has 3 heterocycles. The summed E-state index contributed by atoms with van der Waals surface area (Å²) in [5.74, 6) is 1.73. The fourth-order valence-corrected chi connectivity index (χ4v) is 10.0. The van der Waals surface area contributed by atoms with Gasteiger partial charge >= 0.3 is 0 Å². The summed E-state index contributed by atoms with van der Waals surface area (Å²) in [5, 5.41) is 4.54. The third-order valence-corrected chi connectivity index (χ3v) is 13.2. The predicted octanol–water partition coefficient (Wildman–Crippen LogP) is 16.1. The minimum Gasteiger partial charge on any atom is -0.307 e. The molecule has 0 amide bonds. The van der Waals surface area contributed by atoms with E-state index in [1.165, 1.54) is 16.5 Å². The lowest BCUT2D eigenvalue weighted by molar-refractivity contribution is 0.953. The van der Waals surface area contributed by atoms with E-state index in [1.54, 1.807) is 0 Å². The SMILES string of the molecule is c1ccc(-c2ccc(-c3nc(-c4cccc(-c5ccccc5)c4)nc(-n4c5ccccc5c5ccc6c7ccccc7n(-c7ccccc7-c7cccc(-c8ccccc8)c7)c6c54)n3)cc2)cc1. The lowest BCUT2D eigenvalue weighted by Gasteiger charge is -2.16. The van der Waals surface area contributed by atoms with Crippen LogP contribution >= 0.6 is 0 Å². The Morgan fingerprint density at radius 3 is 1.28 bits per heavy atom. The van der Waals surface area contributed by atoms with Gasteiger partial charge in [-0.3, -0.25) is 4.57 Å². The summed E-state index contributed by atoms with van der Waals surface area (Å²) in [6.07, 6.45) is 0. The van der Waals surface area contributed by atoms with Crippen molar-refractivity contribution in [1.29, 1.82) is 0 Å².